The van der Waals surface area contributed by atoms with Gasteiger partial charge in [0.05, 0.1) is 6.61 Å². The molecule has 0 saturated heterocycles. The largest absolute Gasteiger partial charge is 0.481 e. The van der Waals surface area contributed by atoms with Crippen molar-refractivity contribution in [2.45, 2.75) is 46.1 Å². The molecule has 0 spiro atoms. The summed E-state index contributed by atoms with van der Waals surface area (Å²) in [6, 6.07) is 14.3. The normalized spacial score (nSPS) is 11.2. The molecule has 32 heavy (non-hydrogen) atoms. The minimum atomic E-state index is -0.739. The first-order chi connectivity index (χ1) is 15.6. The number of hydrogen-bond acceptors (Lipinski definition) is 5. The van der Waals surface area contributed by atoms with E-state index in [0.717, 1.165) is 35.3 Å². The Morgan fingerprint density at radius 3 is 2.41 bits per heavy atom. The van der Waals surface area contributed by atoms with Crippen molar-refractivity contribution >= 4 is 18.1 Å². The second-order valence-electron chi connectivity index (χ2n) is 7.30. The number of hydrogen-bond donors (Lipinski definition) is 1. The fourth-order valence-electron chi connectivity index (χ4n) is 3.09. The van der Waals surface area contributed by atoms with Crippen LogP contribution in [-0.4, -0.2) is 37.9 Å². The maximum absolute atomic E-state index is 10.7. The van der Waals surface area contributed by atoms with Crippen molar-refractivity contribution in [2.75, 3.05) is 26.8 Å². The maximum atomic E-state index is 10.7. The van der Waals surface area contributed by atoms with Gasteiger partial charge in [-0.25, -0.2) is 0 Å². The zero-order chi connectivity index (χ0) is 23.0. The Bertz CT molecular complexity index is 846. The van der Waals surface area contributed by atoms with E-state index >= 15 is 0 Å². The van der Waals surface area contributed by atoms with E-state index < -0.39 is 5.97 Å². The van der Waals surface area contributed by atoms with Crippen LogP contribution in [-0.2, 0) is 32.0 Å². The van der Waals surface area contributed by atoms with E-state index in [1.54, 1.807) is 0 Å². The van der Waals surface area contributed by atoms with Crippen molar-refractivity contribution < 1.29 is 28.8 Å². The lowest BCUT2D eigenvalue weighted by Crippen LogP contribution is -2.04. The Morgan fingerprint density at radius 2 is 1.62 bits per heavy atom. The Morgan fingerprint density at radius 1 is 0.875 bits per heavy atom. The highest BCUT2D eigenvalue weighted by Crippen LogP contribution is 2.21. The molecule has 0 saturated carbocycles. The van der Waals surface area contributed by atoms with Crippen molar-refractivity contribution in [1.29, 1.82) is 0 Å². The monoisotopic (exact) mass is 442 g/mol. The average Bonchev–Trinajstić information content (AvgIpc) is 2.79. The molecule has 2 aromatic carbocycles. The molecule has 0 radical (unpaired) electrons. The van der Waals surface area contributed by atoms with Crippen molar-refractivity contribution in [1.82, 2.24) is 0 Å². The van der Waals surface area contributed by atoms with Gasteiger partial charge in [-0.2, -0.15) is 0 Å². The van der Waals surface area contributed by atoms with Crippen LogP contribution in [0.25, 0.3) is 12.2 Å². The van der Waals surface area contributed by atoms with Gasteiger partial charge in [0.1, 0.15) is 12.5 Å². The quantitative estimate of drug-likeness (QED) is 0.209. The zero-order valence-electron chi connectivity index (χ0n) is 19.0. The van der Waals surface area contributed by atoms with E-state index in [0.29, 0.717) is 26.2 Å². The highest BCUT2D eigenvalue weighted by Gasteiger charge is 2.03. The van der Waals surface area contributed by atoms with Gasteiger partial charge in [-0.15, -0.1) is 0 Å². The van der Waals surface area contributed by atoms with Gasteiger partial charge in [0, 0.05) is 19.6 Å². The number of aliphatic carboxylic acids is 1. The molecule has 0 atom stereocenters. The van der Waals surface area contributed by atoms with E-state index in [4.69, 9.17) is 24.1 Å². The molecule has 6 heteroatoms. The topological polar surface area (TPSA) is 74.2 Å². The predicted octanol–water partition coefficient (Wildman–Crippen LogP) is 5.54. The van der Waals surface area contributed by atoms with E-state index in [1.165, 1.54) is 5.56 Å². The number of aryl methyl sites for hydroxylation is 1. The minimum Gasteiger partial charge on any atom is -0.481 e. The summed E-state index contributed by atoms with van der Waals surface area (Å²) < 4.78 is 21.8. The minimum absolute atomic E-state index is 0.201. The van der Waals surface area contributed by atoms with Gasteiger partial charge in [-0.1, -0.05) is 36.4 Å². The molecular weight excluding hydrogens is 408 g/mol. The van der Waals surface area contributed by atoms with Crippen LogP contribution in [0, 0.1) is 0 Å². The van der Waals surface area contributed by atoms with E-state index in [1.807, 2.05) is 38.1 Å². The number of carbonyl (C=O) groups is 1. The molecule has 1 N–H and O–H groups in total. The van der Waals surface area contributed by atoms with Crippen molar-refractivity contribution in [3.8, 4) is 5.75 Å². The molecule has 0 heterocycles. The Kier molecular flexibility index (Phi) is 12.1. The fourth-order valence-corrected chi connectivity index (χ4v) is 3.09. The average molecular weight is 443 g/mol. The van der Waals surface area contributed by atoms with Crippen molar-refractivity contribution in [2.24, 2.45) is 0 Å². The third kappa shape index (κ3) is 10.6. The smallest absolute Gasteiger partial charge is 0.303 e. The molecule has 0 unspecified atom stereocenters. The lowest BCUT2D eigenvalue weighted by Gasteiger charge is -2.10. The summed E-state index contributed by atoms with van der Waals surface area (Å²) in [6.07, 6.45) is 6.76. The van der Waals surface area contributed by atoms with E-state index in [-0.39, 0.29) is 20.0 Å². The predicted molar refractivity (Wildman–Crippen MR) is 125 cm³/mol. The summed E-state index contributed by atoms with van der Waals surface area (Å²) in [5, 5.41) is 8.77. The molecule has 174 valence electrons. The first-order valence-corrected chi connectivity index (χ1v) is 11.1. The molecule has 0 aliphatic rings. The third-order valence-corrected chi connectivity index (χ3v) is 4.67. The van der Waals surface area contributed by atoms with Crippen LogP contribution >= 0.6 is 0 Å². The summed E-state index contributed by atoms with van der Waals surface area (Å²) >= 11 is 0. The van der Waals surface area contributed by atoms with Crippen LogP contribution in [0.15, 0.2) is 42.5 Å². The summed E-state index contributed by atoms with van der Waals surface area (Å²) in [6.45, 7) is 5.95. The SMILES string of the molecule is CCOCOCc1cc(/C=C/c2cccc(CCCCC(=O)O)c2)cc(OCOCC)c1. The van der Waals surface area contributed by atoms with E-state index in [9.17, 15) is 4.79 Å². The van der Waals surface area contributed by atoms with Gasteiger partial charge in [0.15, 0.2) is 6.79 Å². The van der Waals surface area contributed by atoms with Crippen LogP contribution < -0.4 is 4.74 Å². The number of unbranched alkanes of at least 4 members (excludes halogenated alkanes) is 1. The molecule has 0 aliphatic carbocycles. The highest BCUT2D eigenvalue weighted by atomic mass is 16.7. The van der Waals surface area contributed by atoms with Gasteiger partial charge < -0.3 is 24.1 Å². The fraction of sp³-hybridized carbons (Fsp3) is 0.423. The summed E-state index contributed by atoms with van der Waals surface area (Å²) in [7, 11) is 0. The third-order valence-electron chi connectivity index (χ3n) is 4.67. The lowest BCUT2D eigenvalue weighted by atomic mass is 10.0. The Balaban J connectivity index is 2.05. The number of rotatable bonds is 16. The van der Waals surface area contributed by atoms with Crippen molar-refractivity contribution in [3.05, 3.63) is 64.7 Å². The first kappa shape index (κ1) is 25.6. The Labute approximate surface area is 190 Å². The molecule has 6 nitrogen and oxygen atoms in total. The zero-order valence-corrected chi connectivity index (χ0v) is 19.0. The highest BCUT2D eigenvalue weighted by molar-refractivity contribution is 5.71. The number of benzene rings is 2. The molecule has 0 amide bonds. The van der Waals surface area contributed by atoms with Gasteiger partial charge in [-0.3, -0.25) is 4.79 Å². The van der Waals surface area contributed by atoms with Gasteiger partial charge in [0.2, 0.25) is 0 Å². The molecule has 0 aromatic heterocycles. The second kappa shape index (κ2) is 15.2. The molecule has 0 fully saturated rings. The molecule has 2 rings (SSSR count). The standard InChI is InChI=1S/C26H34O6/c1-3-29-19-31-18-24-15-23(16-25(17-24)32-20-30-4-2)13-12-22-10-7-9-21(14-22)8-5-6-11-26(27)28/h7,9-10,12-17H,3-6,8,11,18-20H2,1-2H3,(H,27,28)/b13-12+. The summed E-state index contributed by atoms with van der Waals surface area (Å²) in [5.41, 5.74) is 4.29. The van der Waals surface area contributed by atoms with E-state index in [2.05, 4.69) is 30.3 Å². The molecule has 0 aliphatic heterocycles. The molecule has 2 aromatic rings. The van der Waals surface area contributed by atoms with Crippen LogP contribution in [0.5, 0.6) is 5.75 Å². The lowest BCUT2D eigenvalue weighted by molar-refractivity contribution is -0.137. The number of carboxylic acid groups (broad SMARTS) is 1. The number of ether oxygens (including phenoxy) is 4. The Hall–Kier alpha value is -2.67. The van der Waals surface area contributed by atoms with Crippen LogP contribution in [0.1, 0.15) is 55.4 Å². The van der Waals surface area contributed by atoms with Gasteiger partial charge in [0.25, 0.3) is 0 Å². The summed E-state index contributed by atoms with van der Waals surface area (Å²) in [5.74, 6) is -0.0143. The maximum Gasteiger partial charge on any atom is 0.303 e. The second-order valence-corrected chi connectivity index (χ2v) is 7.30. The summed E-state index contributed by atoms with van der Waals surface area (Å²) in [4.78, 5) is 10.7. The molecular formula is C26H34O6. The van der Waals surface area contributed by atoms with Crippen LogP contribution in [0.4, 0.5) is 0 Å². The van der Waals surface area contributed by atoms with Gasteiger partial charge >= 0.3 is 5.97 Å². The van der Waals surface area contributed by atoms with Crippen LogP contribution in [0.2, 0.25) is 0 Å². The number of carboxylic acids is 1. The molecule has 0 bridgehead atoms. The first-order valence-electron chi connectivity index (χ1n) is 11.1. The van der Waals surface area contributed by atoms with Gasteiger partial charge in [-0.05, 0) is 73.6 Å². The van der Waals surface area contributed by atoms with Crippen molar-refractivity contribution in [3.63, 3.8) is 0 Å². The van der Waals surface area contributed by atoms with Crippen LogP contribution in [0.3, 0.4) is 0 Å².